The molecule has 0 amide bonds. The molecule has 0 aliphatic carbocycles. The van der Waals surface area contributed by atoms with Gasteiger partial charge in [0.1, 0.15) is 0 Å². The number of carboxylic acids is 1. The van der Waals surface area contributed by atoms with Gasteiger partial charge in [-0.15, -0.1) is 0 Å². The summed E-state index contributed by atoms with van der Waals surface area (Å²) >= 11 is 0. The maximum atomic E-state index is 12.1. The lowest BCUT2D eigenvalue weighted by molar-refractivity contribution is -0.150. The number of rotatable bonds is 6. The van der Waals surface area contributed by atoms with Gasteiger partial charge in [0.2, 0.25) is 10.0 Å². The summed E-state index contributed by atoms with van der Waals surface area (Å²) in [6, 6.07) is 0. The minimum absolute atomic E-state index is 0.0405. The molecule has 21 heavy (non-hydrogen) atoms. The molecule has 1 N–H and O–H groups in total. The van der Waals surface area contributed by atoms with Gasteiger partial charge in [0.15, 0.2) is 0 Å². The highest BCUT2D eigenvalue weighted by Crippen LogP contribution is 2.39. The molecule has 0 bridgehead atoms. The van der Waals surface area contributed by atoms with Crippen molar-refractivity contribution in [1.29, 1.82) is 0 Å². The van der Waals surface area contributed by atoms with Crippen LogP contribution in [0.1, 0.15) is 33.1 Å². The van der Waals surface area contributed by atoms with Crippen LogP contribution in [0.4, 0.5) is 13.2 Å². The van der Waals surface area contributed by atoms with Crippen molar-refractivity contribution < 1.29 is 31.5 Å². The van der Waals surface area contributed by atoms with Gasteiger partial charge >= 0.3 is 12.1 Å². The Labute approximate surface area is 122 Å². The molecule has 0 aromatic heterocycles. The van der Waals surface area contributed by atoms with E-state index in [1.54, 1.807) is 13.8 Å². The number of nitrogens with zero attached hydrogens (tertiary/aromatic N) is 1. The molecule has 1 unspecified atom stereocenters. The summed E-state index contributed by atoms with van der Waals surface area (Å²) < 4.78 is 61.2. The third-order valence-corrected chi connectivity index (χ3v) is 5.96. The first-order valence-corrected chi connectivity index (χ1v) is 8.29. The maximum Gasteiger partial charge on any atom is 0.389 e. The van der Waals surface area contributed by atoms with E-state index in [9.17, 15) is 31.5 Å². The highest BCUT2D eigenvalue weighted by molar-refractivity contribution is 7.89. The largest absolute Gasteiger partial charge is 0.481 e. The van der Waals surface area contributed by atoms with Gasteiger partial charge in [0.25, 0.3) is 0 Å². The molecule has 1 aliphatic rings. The van der Waals surface area contributed by atoms with Crippen LogP contribution in [0.5, 0.6) is 0 Å². The fourth-order valence-electron chi connectivity index (χ4n) is 2.51. The lowest BCUT2D eigenvalue weighted by Gasteiger charge is -2.28. The SMILES string of the molecule is CC(C)C1(C(=O)O)CCN(S(=O)(=O)CCCC(F)(F)F)C1. The number of alkyl halides is 3. The van der Waals surface area contributed by atoms with Crippen molar-refractivity contribution in [2.24, 2.45) is 11.3 Å². The Hall–Kier alpha value is -0.830. The molecule has 1 rings (SSSR count). The van der Waals surface area contributed by atoms with Gasteiger partial charge in [-0.25, -0.2) is 12.7 Å². The van der Waals surface area contributed by atoms with Crippen molar-refractivity contribution >= 4 is 16.0 Å². The second-order valence-corrected chi connectivity index (χ2v) is 7.82. The van der Waals surface area contributed by atoms with Crippen LogP contribution >= 0.6 is 0 Å². The molecule has 1 aliphatic heterocycles. The zero-order valence-electron chi connectivity index (χ0n) is 12.0. The predicted octanol–water partition coefficient (Wildman–Crippen LogP) is 2.09. The topological polar surface area (TPSA) is 74.7 Å². The first kappa shape index (κ1) is 18.2. The second-order valence-electron chi connectivity index (χ2n) is 5.73. The van der Waals surface area contributed by atoms with Gasteiger partial charge in [0, 0.05) is 19.5 Å². The Morgan fingerprint density at radius 3 is 2.33 bits per heavy atom. The first-order valence-electron chi connectivity index (χ1n) is 6.69. The number of hydrogen-bond acceptors (Lipinski definition) is 3. The quantitative estimate of drug-likeness (QED) is 0.809. The van der Waals surface area contributed by atoms with E-state index >= 15 is 0 Å². The van der Waals surface area contributed by atoms with Crippen LogP contribution in [0.3, 0.4) is 0 Å². The van der Waals surface area contributed by atoms with Crippen molar-refractivity contribution in [3.8, 4) is 0 Å². The van der Waals surface area contributed by atoms with Gasteiger partial charge in [-0.1, -0.05) is 13.8 Å². The third-order valence-electron chi connectivity index (χ3n) is 4.05. The fourth-order valence-corrected chi connectivity index (χ4v) is 4.08. The van der Waals surface area contributed by atoms with E-state index in [1.807, 2.05) is 0 Å². The van der Waals surface area contributed by atoms with E-state index in [-0.39, 0.29) is 25.4 Å². The minimum Gasteiger partial charge on any atom is -0.481 e. The van der Waals surface area contributed by atoms with E-state index in [1.165, 1.54) is 0 Å². The molecule has 1 fully saturated rings. The van der Waals surface area contributed by atoms with Crippen LogP contribution in [-0.4, -0.2) is 48.8 Å². The van der Waals surface area contributed by atoms with E-state index in [0.717, 1.165) is 4.31 Å². The summed E-state index contributed by atoms with van der Waals surface area (Å²) in [5.74, 6) is -1.93. The normalized spacial score (nSPS) is 24.7. The number of sulfonamides is 1. The Bertz CT molecular complexity index is 489. The van der Waals surface area contributed by atoms with Crippen LogP contribution in [-0.2, 0) is 14.8 Å². The molecule has 0 spiro atoms. The summed E-state index contributed by atoms with van der Waals surface area (Å²) in [5.41, 5.74) is -1.16. The Kier molecular flexibility index (Phi) is 5.31. The van der Waals surface area contributed by atoms with Crippen LogP contribution in [0.15, 0.2) is 0 Å². The standard InChI is InChI=1S/C12H20F3NO4S/c1-9(2)11(10(17)18)5-6-16(8-11)21(19,20)7-3-4-12(13,14)15/h9H,3-8H2,1-2H3,(H,17,18). The average molecular weight is 331 g/mol. The number of aliphatic carboxylic acids is 1. The molecule has 5 nitrogen and oxygen atoms in total. The summed E-state index contributed by atoms with van der Waals surface area (Å²) in [6.45, 7) is 3.27. The third kappa shape index (κ3) is 4.32. The molecule has 0 aromatic carbocycles. The number of carboxylic acid groups (broad SMARTS) is 1. The predicted molar refractivity (Wildman–Crippen MR) is 70.2 cm³/mol. The molecular weight excluding hydrogens is 311 g/mol. The highest BCUT2D eigenvalue weighted by atomic mass is 32.2. The molecular formula is C12H20F3NO4S. The Morgan fingerprint density at radius 2 is 1.95 bits per heavy atom. The molecule has 1 saturated heterocycles. The maximum absolute atomic E-state index is 12.1. The first-order chi connectivity index (χ1) is 9.41. The lowest BCUT2D eigenvalue weighted by atomic mass is 9.77. The van der Waals surface area contributed by atoms with E-state index in [4.69, 9.17) is 0 Å². The van der Waals surface area contributed by atoms with Crippen LogP contribution in [0, 0.1) is 11.3 Å². The van der Waals surface area contributed by atoms with E-state index in [2.05, 4.69) is 0 Å². The number of hydrogen-bond donors (Lipinski definition) is 1. The average Bonchev–Trinajstić information content (AvgIpc) is 2.73. The Balaban J connectivity index is 2.73. The lowest BCUT2D eigenvalue weighted by Crippen LogP contribution is -2.41. The van der Waals surface area contributed by atoms with Crippen molar-refractivity contribution in [3.63, 3.8) is 0 Å². The number of halogens is 3. The molecule has 0 radical (unpaired) electrons. The minimum atomic E-state index is -4.39. The van der Waals surface area contributed by atoms with Crippen LogP contribution in [0.2, 0.25) is 0 Å². The smallest absolute Gasteiger partial charge is 0.389 e. The number of carbonyl (C=O) groups is 1. The van der Waals surface area contributed by atoms with Crippen LogP contribution in [0.25, 0.3) is 0 Å². The van der Waals surface area contributed by atoms with Gasteiger partial charge in [0.05, 0.1) is 11.2 Å². The van der Waals surface area contributed by atoms with Gasteiger partial charge in [-0.05, 0) is 18.8 Å². The molecule has 9 heteroatoms. The molecule has 0 saturated carbocycles. The van der Waals surface area contributed by atoms with Crippen molar-refractivity contribution in [2.45, 2.75) is 39.3 Å². The Morgan fingerprint density at radius 1 is 1.38 bits per heavy atom. The summed E-state index contributed by atoms with van der Waals surface area (Å²) in [5, 5.41) is 9.33. The molecule has 0 aromatic rings. The van der Waals surface area contributed by atoms with Gasteiger partial charge in [-0.3, -0.25) is 4.79 Å². The molecule has 1 heterocycles. The van der Waals surface area contributed by atoms with Gasteiger partial charge in [-0.2, -0.15) is 13.2 Å². The monoisotopic (exact) mass is 331 g/mol. The van der Waals surface area contributed by atoms with E-state index in [0.29, 0.717) is 0 Å². The van der Waals surface area contributed by atoms with E-state index < -0.39 is 46.2 Å². The van der Waals surface area contributed by atoms with Gasteiger partial charge < -0.3 is 5.11 Å². The van der Waals surface area contributed by atoms with Crippen LogP contribution < -0.4 is 0 Å². The van der Waals surface area contributed by atoms with Crippen molar-refractivity contribution in [1.82, 2.24) is 4.31 Å². The zero-order chi connectivity index (χ0) is 16.5. The second kappa shape index (κ2) is 6.12. The zero-order valence-corrected chi connectivity index (χ0v) is 12.8. The van der Waals surface area contributed by atoms with Crippen molar-refractivity contribution in [2.75, 3.05) is 18.8 Å². The molecule has 124 valence electrons. The fraction of sp³-hybridized carbons (Fsp3) is 0.917. The summed E-state index contributed by atoms with van der Waals surface area (Å²) in [7, 11) is -3.85. The highest BCUT2D eigenvalue weighted by Gasteiger charge is 2.50. The van der Waals surface area contributed by atoms with Crippen molar-refractivity contribution in [3.05, 3.63) is 0 Å². The summed E-state index contributed by atoms with van der Waals surface area (Å²) in [6.07, 6.45) is -5.87. The summed E-state index contributed by atoms with van der Waals surface area (Å²) in [4.78, 5) is 11.4. The molecule has 1 atom stereocenters.